The third kappa shape index (κ3) is 5.99. The Balaban J connectivity index is 1.76. The quantitative estimate of drug-likeness (QED) is 0.634. The average Bonchev–Trinajstić information content (AvgIpc) is 2.73. The second kappa shape index (κ2) is 9.34. The van der Waals surface area contributed by atoms with E-state index in [4.69, 9.17) is 12.2 Å². The number of hydrogen-bond acceptors (Lipinski definition) is 6. The van der Waals surface area contributed by atoms with E-state index in [1.54, 1.807) is 29.2 Å². The average molecular weight is 425 g/mol. The van der Waals surface area contributed by atoms with Crippen LogP contribution >= 0.6 is 0 Å². The standard InChI is InChI=1S/C20H22FNO6S/c1-29(24,25)28-13-12-27-17-6-7-19(21)18(14-17)15-2-4-16(5-3-15)20(23)22-8-10-26-11-9-22/h2-7,14H,8-13H2,1H3/i12D2. The number of ether oxygens (including phenoxy) is 2. The lowest BCUT2D eigenvalue weighted by molar-refractivity contribution is 0.0303. The molecule has 2 aromatic carbocycles. The van der Waals surface area contributed by atoms with Crippen molar-refractivity contribution in [2.24, 2.45) is 0 Å². The Morgan fingerprint density at radius 3 is 2.55 bits per heavy atom. The molecule has 0 aromatic heterocycles. The van der Waals surface area contributed by atoms with E-state index in [9.17, 15) is 17.6 Å². The summed E-state index contributed by atoms with van der Waals surface area (Å²) in [7, 11) is -3.84. The maximum absolute atomic E-state index is 14.4. The molecule has 0 saturated carbocycles. The summed E-state index contributed by atoms with van der Waals surface area (Å²) in [4.78, 5) is 14.2. The molecule has 0 bridgehead atoms. The molecule has 0 N–H and O–H groups in total. The van der Waals surface area contributed by atoms with Crippen LogP contribution in [-0.2, 0) is 19.0 Å². The molecular weight excluding hydrogens is 401 g/mol. The first-order valence-corrected chi connectivity index (χ1v) is 10.7. The Bertz CT molecular complexity index is 1040. The lowest BCUT2D eigenvalue weighted by Crippen LogP contribution is -2.40. The van der Waals surface area contributed by atoms with E-state index < -0.39 is 29.1 Å². The minimum atomic E-state index is -3.84. The van der Waals surface area contributed by atoms with Gasteiger partial charge in [0.2, 0.25) is 0 Å². The highest BCUT2D eigenvalue weighted by molar-refractivity contribution is 7.85. The first kappa shape index (κ1) is 18.5. The fourth-order valence-electron chi connectivity index (χ4n) is 2.77. The molecule has 1 amide bonds. The molecule has 7 nitrogen and oxygen atoms in total. The monoisotopic (exact) mass is 425 g/mol. The van der Waals surface area contributed by atoms with Crippen molar-refractivity contribution in [3.8, 4) is 16.9 Å². The van der Waals surface area contributed by atoms with Gasteiger partial charge < -0.3 is 14.4 Å². The summed E-state index contributed by atoms with van der Waals surface area (Å²) in [5, 5.41) is 0. The highest BCUT2D eigenvalue weighted by Crippen LogP contribution is 2.27. The second-order valence-electron chi connectivity index (χ2n) is 6.34. The second-order valence-corrected chi connectivity index (χ2v) is 7.98. The number of hydrogen-bond donors (Lipinski definition) is 0. The van der Waals surface area contributed by atoms with Crippen molar-refractivity contribution < 1.29 is 34.0 Å². The molecule has 0 aliphatic carbocycles. The zero-order valence-electron chi connectivity index (χ0n) is 17.8. The van der Waals surface area contributed by atoms with Gasteiger partial charge >= 0.3 is 0 Å². The van der Waals surface area contributed by atoms with Crippen molar-refractivity contribution in [3.63, 3.8) is 0 Å². The van der Waals surface area contributed by atoms with E-state index in [-0.39, 0.29) is 17.2 Å². The van der Waals surface area contributed by atoms with Crippen LogP contribution < -0.4 is 4.74 Å². The van der Waals surface area contributed by atoms with Crippen LogP contribution in [0.2, 0.25) is 0 Å². The minimum Gasteiger partial charge on any atom is -0.491 e. The van der Waals surface area contributed by atoms with Crippen LogP contribution in [0.3, 0.4) is 0 Å². The molecule has 156 valence electrons. The molecular formula is C20H22FNO6S. The van der Waals surface area contributed by atoms with Crippen LogP contribution in [0.4, 0.5) is 4.39 Å². The third-order valence-electron chi connectivity index (χ3n) is 4.20. The van der Waals surface area contributed by atoms with Gasteiger partial charge in [0.25, 0.3) is 16.0 Å². The molecule has 9 heteroatoms. The van der Waals surface area contributed by atoms with Crippen LogP contribution in [-0.4, -0.2) is 64.9 Å². The number of carbonyl (C=O) groups excluding carboxylic acids is 1. The molecule has 1 heterocycles. The number of carbonyl (C=O) groups is 1. The molecule has 1 aliphatic heterocycles. The summed E-state index contributed by atoms with van der Waals surface area (Å²) >= 11 is 0. The zero-order valence-corrected chi connectivity index (χ0v) is 16.6. The van der Waals surface area contributed by atoms with E-state index >= 15 is 0 Å². The van der Waals surface area contributed by atoms with Crippen molar-refractivity contribution in [2.75, 3.05) is 45.7 Å². The lowest BCUT2D eigenvalue weighted by atomic mass is 10.0. The van der Waals surface area contributed by atoms with Crippen molar-refractivity contribution in [2.45, 2.75) is 0 Å². The number of benzene rings is 2. The summed E-state index contributed by atoms with van der Waals surface area (Å²) < 4.78 is 66.9. The zero-order chi connectivity index (χ0) is 22.6. The fraction of sp³-hybridized carbons (Fsp3) is 0.350. The van der Waals surface area contributed by atoms with Crippen LogP contribution in [0.1, 0.15) is 13.1 Å². The van der Waals surface area contributed by atoms with Gasteiger partial charge in [0.15, 0.2) is 0 Å². The normalized spacial score (nSPS) is 16.1. The van der Waals surface area contributed by atoms with Gasteiger partial charge in [-0.15, -0.1) is 0 Å². The van der Waals surface area contributed by atoms with Crippen molar-refractivity contribution in [3.05, 3.63) is 53.8 Å². The SMILES string of the molecule is [2H]C([2H])(COS(C)(=O)=O)Oc1ccc(F)c(-c2ccc(C(=O)N3CCOCC3)cc2)c1. The summed E-state index contributed by atoms with van der Waals surface area (Å²) in [5.74, 6) is -0.703. The number of nitrogens with zero attached hydrogens (tertiary/aromatic N) is 1. The van der Waals surface area contributed by atoms with Gasteiger partial charge in [-0.3, -0.25) is 8.98 Å². The maximum atomic E-state index is 14.4. The summed E-state index contributed by atoms with van der Waals surface area (Å²) in [6.07, 6.45) is 0.798. The molecule has 0 unspecified atom stereocenters. The van der Waals surface area contributed by atoms with Gasteiger partial charge in [-0.1, -0.05) is 12.1 Å². The largest absolute Gasteiger partial charge is 0.491 e. The Morgan fingerprint density at radius 1 is 1.21 bits per heavy atom. The Kier molecular flexibility index (Phi) is 5.97. The van der Waals surface area contributed by atoms with Gasteiger partial charge in [-0.2, -0.15) is 8.42 Å². The molecule has 0 spiro atoms. The number of amides is 1. The van der Waals surface area contributed by atoms with Gasteiger partial charge in [0, 0.05) is 24.2 Å². The predicted molar refractivity (Wildman–Crippen MR) is 105 cm³/mol. The van der Waals surface area contributed by atoms with Crippen LogP contribution in [0.25, 0.3) is 11.1 Å². The molecule has 3 rings (SSSR count). The van der Waals surface area contributed by atoms with Crippen LogP contribution in [0.15, 0.2) is 42.5 Å². The number of rotatable bonds is 7. The minimum absolute atomic E-state index is 0.00743. The predicted octanol–water partition coefficient (Wildman–Crippen LogP) is 2.32. The van der Waals surface area contributed by atoms with E-state index in [0.29, 0.717) is 37.4 Å². The van der Waals surface area contributed by atoms with E-state index in [0.717, 1.165) is 12.3 Å². The molecule has 0 atom stereocenters. The Morgan fingerprint density at radius 2 is 1.90 bits per heavy atom. The fourth-order valence-corrected chi connectivity index (χ4v) is 3.04. The molecule has 0 radical (unpaired) electrons. The van der Waals surface area contributed by atoms with Gasteiger partial charge in [0.1, 0.15) is 24.7 Å². The smallest absolute Gasteiger partial charge is 0.264 e. The van der Waals surface area contributed by atoms with Gasteiger partial charge in [0.05, 0.1) is 22.2 Å². The van der Waals surface area contributed by atoms with Crippen LogP contribution in [0.5, 0.6) is 5.75 Å². The Labute approximate surface area is 171 Å². The first-order valence-electron chi connectivity index (χ1n) is 9.84. The van der Waals surface area contributed by atoms with Gasteiger partial charge in [-0.25, -0.2) is 4.39 Å². The molecule has 2 aromatic rings. The summed E-state index contributed by atoms with van der Waals surface area (Å²) in [6.45, 7) is -1.29. The highest BCUT2D eigenvalue weighted by Gasteiger charge is 2.18. The molecule has 1 fully saturated rings. The van der Waals surface area contributed by atoms with Gasteiger partial charge in [-0.05, 0) is 35.9 Å². The molecule has 1 saturated heterocycles. The molecule has 29 heavy (non-hydrogen) atoms. The van der Waals surface area contributed by atoms with E-state index in [1.165, 1.54) is 12.1 Å². The van der Waals surface area contributed by atoms with Crippen molar-refractivity contribution in [1.29, 1.82) is 0 Å². The molecule has 1 aliphatic rings. The van der Waals surface area contributed by atoms with E-state index in [1.807, 2.05) is 0 Å². The highest BCUT2D eigenvalue weighted by atomic mass is 32.2. The van der Waals surface area contributed by atoms with Crippen molar-refractivity contribution in [1.82, 2.24) is 4.90 Å². The summed E-state index contributed by atoms with van der Waals surface area (Å²) in [6, 6.07) is 10.0. The van der Waals surface area contributed by atoms with Crippen molar-refractivity contribution >= 4 is 16.0 Å². The summed E-state index contributed by atoms with van der Waals surface area (Å²) in [5.41, 5.74) is 1.07. The number of morpholine rings is 1. The van der Waals surface area contributed by atoms with Crippen LogP contribution in [0, 0.1) is 5.82 Å². The first-order chi connectivity index (χ1) is 14.5. The lowest BCUT2D eigenvalue weighted by Gasteiger charge is -2.26. The Hall–Kier alpha value is -2.49. The third-order valence-corrected chi connectivity index (χ3v) is 4.75. The van der Waals surface area contributed by atoms with E-state index in [2.05, 4.69) is 4.18 Å². The number of halogens is 1. The maximum Gasteiger partial charge on any atom is 0.264 e. The topological polar surface area (TPSA) is 82.1 Å².